The second-order valence-electron chi connectivity index (χ2n) is 6.56. The quantitative estimate of drug-likeness (QED) is 0.872. The topological polar surface area (TPSA) is 51.0 Å². The van der Waals surface area contributed by atoms with Crippen LogP contribution in [0.25, 0.3) is 0 Å². The van der Waals surface area contributed by atoms with Gasteiger partial charge in [0.25, 0.3) is 5.91 Å². The Kier molecular flexibility index (Phi) is 4.74. The van der Waals surface area contributed by atoms with E-state index in [0.717, 1.165) is 43.9 Å². The van der Waals surface area contributed by atoms with Gasteiger partial charge in [0.2, 0.25) is 0 Å². The summed E-state index contributed by atoms with van der Waals surface area (Å²) in [6.07, 6.45) is 9.40. The molecule has 0 unspecified atom stereocenters. The molecule has 5 heteroatoms. The molecule has 3 heterocycles. The van der Waals surface area contributed by atoms with E-state index in [0.29, 0.717) is 11.8 Å². The number of likely N-dealkylation sites (tertiary alicyclic amines) is 1. The van der Waals surface area contributed by atoms with Gasteiger partial charge < -0.3 is 9.47 Å². The van der Waals surface area contributed by atoms with Crippen LogP contribution in [-0.4, -0.2) is 38.4 Å². The van der Waals surface area contributed by atoms with E-state index in [1.807, 2.05) is 11.1 Å². The maximum Gasteiger partial charge on any atom is 0.253 e. The molecule has 122 valence electrons. The number of carbonyl (C=O) groups excluding carboxylic acids is 1. The molecule has 0 aliphatic carbocycles. The molecule has 1 saturated heterocycles. The largest absolute Gasteiger partial charge is 0.339 e. The first kappa shape index (κ1) is 15.7. The molecule has 0 spiro atoms. The summed E-state index contributed by atoms with van der Waals surface area (Å²) in [7, 11) is 0. The second kappa shape index (κ2) is 6.94. The minimum absolute atomic E-state index is 0.122. The van der Waals surface area contributed by atoms with Crippen LogP contribution in [0.3, 0.4) is 0 Å². The van der Waals surface area contributed by atoms with Crippen molar-refractivity contribution in [3.8, 4) is 0 Å². The highest BCUT2D eigenvalue weighted by Crippen LogP contribution is 2.22. The first-order valence-corrected chi connectivity index (χ1v) is 8.35. The summed E-state index contributed by atoms with van der Waals surface area (Å²) >= 11 is 0. The van der Waals surface area contributed by atoms with E-state index >= 15 is 0 Å². The molecular formula is C18H24N4O. The molecule has 1 aliphatic heterocycles. The number of aromatic nitrogens is 3. The van der Waals surface area contributed by atoms with Gasteiger partial charge in [-0.15, -0.1) is 0 Å². The molecule has 0 aromatic carbocycles. The number of carbonyl (C=O) groups is 1. The van der Waals surface area contributed by atoms with Gasteiger partial charge >= 0.3 is 0 Å². The number of rotatable bonds is 4. The molecular weight excluding hydrogens is 288 g/mol. The molecule has 23 heavy (non-hydrogen) atoms. The Labute approximate surface area is 137 Å². The average Bonchev–Trinajstić information content (AvgIpc) is 3.04. The predicted octanol–water partition coefficient (Wildman–Crippen LogP) is 2.95. The molecule has 0 radical (unpaired) electrons. The summed E-state index contributed by atoms with van der Waals surface area (Å²) in [5.74, 6) is 2.33. The summed E-state index contributed by atoms with van der Waals surface area (Å²) in [4.78, 5) is 22.8. The maximum absolute atomic E-state index is 12.4. The Balaban J connectivity index is 1.56. The van der Waals surface area contributed by atoms with Crippen LogP contribution in [0.5, 0.6) is 0 Å². The molecule has 0 atom stereocenters. The van der Waals surface area contributed by atoms with E-state index in [4.69, 9.17) is 0 Å². The van der Waals surface area contributed by atoms with Gasteiger partial charge in [-0.25, -0.2) is 4.98 Å². The van der Waals surface area contributed by atoms with E-state index in [1.165, 1.54) is 0 Å². The van der Waals surface area contributed by atoms with Gasteiger partial charge in [0.05, 0.1) is 0 Å². The monoisotopic (exact) mass is 312 g/mol. The van der Waals surface area contributed by atoms with Crippen molar-refractivity contribution in [1.29, 1.82) is 0 Å². The lowest BCUT2D eigenvalue weighted by Crippen LogP contribution is -2.39. The smallest absolute Gasteiger partial charge is 0.253 e. The highest BCUT2D eigenvalue weighted by Gasteiger charge is 2.24. The van der Waals surface area contributed by atoms with Crippen molar-refractivity contribution < 1.29 is 4.79 Å². The summed E-state index contributed by atoms with van der Waals surface area (Å²) in [5, 5.41) is 0. The molecule has 1 amide bonds. The van der Waals surface area contributed by atoms with Crippen LogP contribution in [0, 0.1) is 5.92 Å². The Morgan fingerprint density at radius 1 is 1.22 bits per heavy atom. The Hall–Kier alpha value is -2.17. The second-order valence-corrected chi connectivity index (χ2v) is 6.56. The molecule has 2 aromatic heterocycles. The molecule has 2 aromatic rings. The van der Waals surface area contributed by atoms with E-state index in [1.54, 1.807) is 24.5 Å². The highest BCUT2D eigenvalue weighted by molar-refractivity contribution is 5.94. The molecule has 0 bridgehead atoms. The number of amides is 1. The number of hydrogen-bond donors (Lipinski definition) is 0. The maximum atomic E-state index is 12.4. The molecule has 1 fully saturated rings. The van der Waals surface area contributed by atoms with Crippen LogP contribution in [0.15, 0.2) is 36.9 Å². The third-order valence-corrected chi connectivity index (χ3v) is 4.55. The summed E-state index contributed by atoms with van der Waals surface area (Å²) in [6.45, 7) is 7.02. The van der Waals surface area contributed by atoms with Crippen molar-refractivity contribution in [2.24, 2.45) is 5.92 Å². The Bertz CT molecular complexity index is 642. The lowest BCUT2D eigenvalue weighted by atomic mass is 9.96. The number of nitrogens with zero attached hydrogens (tertiary/aromatic N) is 4. The summed E-state index contributed by atoms with van der Waals surface area (Å²) < 4.78 is 2.27. The van der Waals surface area contributed by atoms with Crippen molar-refractivity contribution >= 4 is 5.91 Å². The van der Waals surface area contributed by atoms with Crippen LogP contribution < -0.4 is 0 Å². The fourth-order valence-electron chi connectivity index (χ4n) is 3.25. The molecule has 1 aliphatic rings. The zero-order chi connectivity index (χ0) is 16.2. The minimum Gasteiger partial charge on any atom is -0.339 e. The third kappa shape index (κ3) is 3.60. The zero-order valence-electron chi connectivity index (χ0n) is 13.9. The van der Waals surface area contributed by atoms with Gasteiger partial charge in [-0.1, -0.05) is 13.8 Å². The van der Waals surface area contributed by atoms with E-state index < -0.39 is 0 Å². The summed E-state index contributed by atoms with van der Waals surface area (Å²) in [6, 6.07) is 3.57. The van der Waals surface area contributed by atoms with Crippen molar-refractivity contribution in [2.75, 3.05) is 13.1 Å². The van der Waals surface area contributed by atoms with Gasteiger partial charge in [0, 0.05) is 55.9 Å². The number of piperidine rings is 1. The van der Waals surface area contributed by atoms with Crippen molar-refractivity contribution in [1.82, 2.24) is 19.4 Å². The zero-order valence-corrected chi connectivity index (χ0v) is 13.9. The lowest BCUT2D eigenvalue weighted by Gasteiger charge is -2.32. The normalized spacial score (nSPS) is 16.0. The molecule has 5 nitrogen and oxygen atoms in total. The van der Waals surface area contributed by atoms with Crippen LogP contribution in [0.1, 0.15) is 48.8 Å². The fraction of sp³-hybridized carbons (Fsp3) is 0.500. The van der Waals surface area contributed by atoms with E-state index in [2.05, 4.69) is 34.6 Å². The lowest BCUT2D eigenvalue weighted by molar-refractivity contribution is 0.0682. The van der Waals surface area contributed by atoms with Crippen molar-refractivity contribution in [3.63, 3.8) is 0 Å². The van der Waals surface area contributed by atoms with E-state index in [9.17, 15) is 4.79 Å². The first-order chi connectivity index (χ1) is 11.1. The molecule has 3 rings (SSSR count). The highest BCUT2D eigenvalue weighted by atomic mass is 16.2. The standard InChI is InChI=1S/C18H24N4O/c1-14(2)17-20-9-12-22(17)13-15-5-10-21(11-6-15)18(23)16-3-7-19-8-4-16/h3-4,7-9,12,14-15H,5-6,10-11,13H2,1-2H3. The van der Waals surface area contributed by atoms with Crippen LogP contribution in [0.2, 0.25) is 0 Å². The Morgan fingerprint density at radius 3 is 2.57 bits per heavy atom. The van der Waals surface area contributed by atoms with Crippen LogP contribution in [-0.2, 0) is 6.54 Å². The average molecular weight is 312 g/mol. The van der Waals surface area contributed by atoms with E-state index in [-0.39, 0.29) is 5.91 Å². The van der Waals surface area contributed by atoms with Gasteiger partial charge in [0.1, 0.15) is 5.82 Å². The number of imidazole rings is 1. The SMILES string of the molecule is CC(C)c1nccn1CC1CCN(C(=O)c2ccncc2)CC1. The predicted molar refractivity (Wildman–Crippen MR) is 89.2 cm³/mol. The number of pyridine rings is 1. The van der Waals surface area contributed by atoms with Crippen LogP contribution in [0.4, 0.5) is 0 Å². The van der Waals surface area contributed by atoms with Crippen molar-refractivity contribution in [3.05, 3.63) is 48.3 Å². The fourth-order valence-corrected chi connectivity index (χ4v) is 3.25. The van der Waals surface area contributed by atoms with Gasteiger partial charge in [-0.2, -0.15) is 0 Å². The summed E-state index contributed by atoms with van der Waals surface area (Å²) in [5.41, 5.74) is 0.732. The third-order valence-electron chi connectivity index (χ3n) is 4.55. The van der Waals surface area contributed by atoms with Crippen LogP contribution >= 0.6 is 0 Å². The first-order valence-electron chi connectivity index (χ1n) is 8.35. The Morgan fingerprint density at radius 2 is 1.91 bits per heavy atom. The van der Waals surface area contributed by atoms with Gasteiger partial charge in [0.15, 0.2) is 0 Å². The van der Waals surface area contributed by atoms with Gasteiger partial charge in [-0.05, 0) is 30.9 Å². The molecule has 0 saturated carbocycles. The number of hydrogen-bond acceptors (Lipinski definition) is 3. The minimum atomic E-state index is 0.122. The van der Waals surface area contributed by atoms with Crippen molar-refractivity contribution in [2.45, 2.75) is 39.2 Å². The molecule has 0 N–H and O–H groups in total. The van der Waals surface area contributed by atoms with Gasteiger partial charge in [-0.3, -0.25) is 9.78 Å².